The van der Waals surface area contributed by atoms with Crippen molar-refractivity contribution in [3.63, 3.8) is 0 Å². The van der Waals surface area contributed by atoms with Crippen LogP contribution < -0.4 is 9.80 Å². The Morgan fingerprint density at radius 1 is 0.389 bits per heavy atom. The molecule has 2 nitrogen and oxygen atoms in total. The van der Waals surface area contributed by atoms with E-state index in [-0.39, 0.29) is 0 Å². The van der Waals surface area contributed by atoms with E-state index in [9.17, 15) is 0 Å². The summed E-state index contributed by atoms with van der Waals surface area (Å²) in [4.78, 5) is 4.76. The summed E-state index contributed by atoms with van der Waals surface area (Å²) in [6, 6.07) is 97.9. The lowest BCUT2D eigenvalue weighted by molar-refractivity contribution is 0.768. The number of rotatable bonds is 8. The molecular weight excluding hydrogens is 869 g/mol. The topological polar surface area (TPSA) is 6.48 Å². The zero-order valence-electron chi connectivity index (χ0n) is 40.7. The van der Waals surface area contributed by atoms with Gasteiger partial charge in [-0.3, -0.25) is 0 Å². The maximum atomic E-state index is 4.76. The predicted molar refractivity (Wildman–Crippen MR) is 305 cm³/mol. The van der Waals surface area contributed by atoms with E-state index in [0.717, 1.165) is 46.1 Å². The maximum Gasteiger partial charge on any atom is 0.0714 e. The van der Waals surface area contributed by atoms with Gasteiger partial charge in [0.25, 0.3) is 0 Å². The minimum absolute atomic E-state index is 0.516. The Morgan fingerprint density at radius 2 is 0.889 bits per heavy atom. The number of anilines is 5. The lowest BCUT2D eigenvalue weighted by Gasteiger charge is -2.35. The fraction of sp³-hybridized carbons (Fsp3) is 0.0571. The number of benzene rings is 11. The van der Waals surface area contributed by atoms with Gasteiger partial charge in [0.15, 0.2) is 0 Å². The van der Waals surface area contributed by atoms with Crippen molar-refractivity contribution in [1.82, 2.24) is 0 Å². The highest BCUT2D eigenvalue weighted by Gasteiger charge is 2.46. The molecule has 0 atom stereocenters. The molecule has 0 bridgehead atoms. The minimum Gasteiger partial charge on any atom is -0.310 e. The van der Waals surface area contributed by atoms with E-state index < -0.39 is 5.41 Å². The highest BCUT2D eigenvalue weighted by Crippen LogP contribution is 2.57. The molecule has 1 aliphatic heterocycles. The summed E-state index contributed by atoms with van der Waals surface area (Å²) in [5.41, 5.74) is 22.0. The van der Waals surface area contributed by atoms with Crippen molar-refractivity contribution in [2.45, 2.75) is 25.7 Å². The third kappa shape index (κ3) is 7.43. The van der Waals surface area contributed by atoms with Crippen LogP contribution in [-0.2, 0) is 11.8 Å². The van der Waals surface area contributed by atoms with Crippen LogP contribution in [0.4, 0.5) is 28.4 Å². The molecule has 0 aromatic heterocycles. The Labute approximate surface area is 424 Å². The molecule has 0 fully saturated rings. The molecule has 11 aromatic rings. The van der Waals surface area contributed by atoms with Gasteiger partial charge in [0.2, 0.25) is 0 Å². The van der Waals surface area contributed by atoms with Crippen LogP contribution in [0.1, 0.15) is 52.8 Å². The van der Waals surface area contributed by atoms with E-state index >= 15 is 0 Å². The van der Waals surface area contributed by atoms with E-state index in [2.05, 4.69) is 277 Å². The molecule has 0 radical (unpaired) electrons. The lowest BCUT2D eigenvalue weighted by atomic mass is 9.67. The van der Waals surface area contributed by atoms with Gasteiger partial charge in [0.05, 0.1) is 5.41 Å². The molecule has 0 unspecified atom stereocenters. The first kappa shape index (κ1) is 44.2. The molecule has 344 valence electrons. The van der Waals surface area contributed by atoms with Gasteiger partial charge in [-0.05, 0) is 138 Å². The molecule has 13 rings (SSSR count). The quantitative estimate of drug-likeness (QED) is 0.150. The summed E-state index contributed by atoms with van der Waals surface area (Å²) in [7, 11) is 0. The van der Waals surface area contributed by atoms with Gasteiger partial charge in [0, 0.05) is 46.1 Å². The molecule has 0 spiro atoms. The predicted octanol–water partition coefficient (Wildman–Crippen LogP) is 18.7. The van der Waals surface area contributed by atoms with Crippen molar-refractivity contribution in [2.24, 2.45) is 0 Å². The van der Waals surface area contributed by atoms with Crippen molar-refractivity contribution >= 4 is 44.9 Å². The zero-order chi connectivity index (χ0) is 48.6. The van der Waals surface area contributed by atoms with E-state index in [1.165, 1.54) is 77.5 Å². The number of hydrogen-bond acceptors (Lipinski definition) is 2. The van der Waals surface area contributed by atoms with Gasteiger partial charge in [-0.15, -0.1) is 0 Å². The molecule has 2 aliphatic rings. The fourth-order valence-corrected chi connectivity index (χ4v) is 11.5. The number of hydrogen-bond donors (Lipinski definition) is 0. The van der Waals surface area contributed by atoms with Crippen LogP contribution in [0.15, 0.2) is 273 Å². The third-order valence-corrected chi connectivity index (χ3v) is 14.7. The van der Waals surface area contributed by atoms with Gasteiger partial charge in [-0.25, -0.2) is 0 Å². The van der Waals surface area contributed by atoms with Crippen LogP contribution in [-0.4, -0.2) is 0 Å². The van der Waals surface area contributed by atoms with E-state index in [0.29, 0.717) is 0 Å². The molecule has 0 saturated heterocycles. The van der Waals surface area contributed by atoms with Gasteiger partial charge >= 0.3 is 0 Å². The molecule has 0 N–H and O–H groups in total. The average Bonchev–Trinajstić information content (AvgIpc) is 3.75. The minimum atomic E-state index is -0.516. The molecule has 0 amide bonds. The van der Waals surface area contributed by atoms with Crippen molar-refractivity contribution in [3.8, 4) is 33.4 Å². The Bertz CT molecular complexity index is 3680. The maximum absolute atomic E-state index is 4.76. The van der Waals surface area contributed by atoms with Crippen LogP contribution in [0.3, 0.4) is 0 Å². The summed E-state index contributed by atoms with van der Waals surface area (Å²) in [6.45, 7) is 8.76. The third-order valence-electron chi connectivity index (χ3n) is 14.7. The van der Waals surface area contributed by atoms with Crippen molar-refractivity contribution in [2.75, 3.05) is 9.80 Å². The van der Waals surface area contributed by atoms with Gasteiger partial charge in [-0.2, -0.15) is 0 Å². The van der Waals surface area contributed by atoms with Crippen LogP contribution in [0.2, 0.25) is 0 Å². The first-order chi connectivity index (χ1) is 35.6. The highest BCUT2D eigenvalue weighted by molar-refractivity contribution is 6.02. The van der Waals surface area contributed by atoms with Crippen LogP contribution >= 0.6 is 0 Å². The summed E-state index contributed by atoms with van der Waals surface area (Å²) >= 11 is 0. The number of fused-ring (bicyclic) bond motifs is 4. The molecule has 1 heterocycles. The van der Waals surface area contributed by atoms with Crippen LogP contribution in [0.25, 0.3) is 49.9 Å². The van der Waals surface area contributed by atoms with E-state index in [1.54, 1.807) is 0 Å². The summed E-state index contributed by atoms with van der Waals surface area (Å²) in [5, 5.41) is 2.51. The second-order valence-corrected chi connectivity index (χ2v) is 18.5. The highest BCUT2D eigenvalue weighted by atomic mass is 15.2. The molecule has 1 aliphatic carbocycles. The normalized spacial score (nSPS) is 12.9. The Balaban J connectivity index is 0.00000262. The largest absolute Gasteiger partial charge is 0.310 e. The SMILES string of the molecule is C=C1c2cccc3cccc(c23)Cc2cc(-c3ccc(N(c4ccc(-c5ccccc5)cc4)c4ccc5c(c4)C(c4ccccc4)(c4ccccc4)c4ccccc4-5)cc3)ccc2N1c1ccccc1.CC. The van der Waals surface area contributed by atoms with Gasteiger partial charge in [0.1, 0.15) is 0 Å². The second kappa shape index (κ2) is 18.7. The van der Waals surface area contributed by atoms with Crippen molar-refractivity contribution in [1.29, 1.82) is 0 Å². The van der Waals surface area contributed by atoms with E-state index in [4.69, 9.17) is 6.58 Å². The standard InChI is InChI=1S/C68H48N2.C2H6/c1-47-61-30-17-21-51-20-16-22-53(67(51)61)45-54-44-52(36-43-66(54)69(47)57-27-12-5-13-28-57)50-34-39-59(40-35-50)70(58-37-32-49(33-38-58)48-18-6-2-7-19-48)60-41-42-63-62-29-14-15-31-64(62)68(65(63)46-60,55-23-8-3-9-24-55)56-25-10-4-11-26-56;1-2/h2-44,46H,1,45H2;1-2H3. The van der Waals surface area contributed by atoms with Gasteiger partial charge in [-0.1, -0.05) is 227 Å². The lowest BCUT2D eigenvalue weighted by Crippen LogP contribution is -2.28. The zero-order valence-corrected chi connectivity index (χ0v) is 40.7. The summed E-state index contributed by atoms with van der Waals surface area (Å²) in [5.74, 6) is 0. The second-order valence-electron chi connectivity index (χ2n) is 18.5. The fourth-order valence-electron chi connectivity index (χ4n) is 11.5. The number of para-hydroxylation sites is 1. The number of nitrogens with zero attached hydrogens (tertiary/aromatic N) is 2. The van der Waals surface area contributed by atoms with Crippen LogP contribution in [0.5, 0.6) is 0 Å². The average molecular weight is 923 g/mol. The molecule has 11 aromatic carbocycles. The smallest absolute Gasteiger partial charge is 0.0714 e. The van der Waals surface area contributed by atoms with Crippen molar-refractivity contribution in [3.05, 3.63) is 312 Å². The summed E-state index contributed by atoms with van der Waals surface area (Å²) < 4.78 is 0. The molecular formula is C70H54N2. The molecule has 0 saturated carbocycles. The Morgan fingerprint density at radius 3 is 1.54 bits per heavy atom. The van der Waals surface area contributed by atoms with Crippen LogP contribution in [0, 0.1) is 0 Å². The first-order valence-corrected chi connectivity index (χ1v) is 25.2. The Kier molecular flexibility index (Phi) is 11.5. The Hall–Kier alpha value is -8.98. The monoisotopic (exact) mass is 922 g/mol. The van der Waals surface area contributed by atoms with Gasteiger partial charge < -0.3 is 9.80 Å². The molecule has 72 heavy (non-hydrogen) atoms. The summed E-state index contributed by atoms with van der Waals surface area (Å²) in [6.07, 6.45) is 0.800. The van der Waals surface area contributed by atoms with E-state index in [1.807, 2.05) is 13.8 Å². The molecule has 2 heteroatoms. The van der Waals surface area contributed by atoms with Crippen molar-refractivity contribution < 1.29 is 0 Å². The first-order valence-electron chi connectivity index (χ1n) is 25.2.